The third kappa shape index (κ3) is 4.73. The molecule has 2 aromatic rings. The van der Waals surface area contributed by atoms with Gasteiger partial charge in [-0.05, 0) is 46.1 Å². The molecule has 2 aromatic carbocycles. The fourth-order valence-corrected chi connectivity index (χ4v) is 2.76. The summed E-state index contributed by atoms with van der Waals surface area (Å²) in [6, 6.07) is 14.9. The number of carbonyl (C=O) groups excluding carboxylic acids is 1. The number of benzene rings is 2. The molecule has 21 heavy (non-hydrogen) atoms. The van der Waals surface area contributed by atoms with E-state index in [0.717, 1.165) is 5.56 Å². The van der Waals surface area contributed by atoms with Crippen molar-refractivity contribution in [1.29, 1.82) is 0 Å². The van der Waals surface area contributed by atoms with Crippen molar-refractivity contribution in [2.45, 2.75) is 12.5 Å². The van der Waals surface area contributed by atoms with Crippen molar-refractivity contribution in [3.63, 3.8) is 0 Å². The van der Waals surface area contributed by atoms with Gasteiger partial charge in [-0.15, -0.1) is 11.6 Å². The van der Waals surface area contributed by atoms with Gasteiger partial charge in [0.1, 0.15) is 0 Å². The summed E-state index contributed by atoms with van der Waals surface area (Å²) < 4.78 is 0.706. The van der Waals surface area contributed by atoms with Crippen molar-refractivity contribution >= 4 is 45.0 Å². The molecule has 0 bridgehead atoms. The van der Waals surface area contributed by atoms with Crippen LogP contribution in [-0.2, 0) is 6.42 Å². The summed E-state index contributed by atoms with van der Waals surface area (Å²) in [7, 11) is 0. The minimum absolute atomic E-state index is 0.132. The van der Waals surface area contributed by atoms with Crippen LogP contribution in [0.3, 0.4) is 0 Å². The Hall–Kier alpha value is -1.03. The average Bonchev–Trinajstić information content (AvgIpc) is 2.50. The average molecular weight is 387 g/mol. The van der Waals surface area contributed by atoms with Gasteiger partial charge in [-0.3, -0.25) is 4.79 Å². The lowest BCUT2D eigenvalue weighted by Crippen LogP contribution is -2.38. The molecule has 2 nitrogen and oxygen atoms in total. The predicted molar refractivity (Wildman–Crippen MR) is 91.3 cm³/mol. The lowest BCUT2D eigenvalue weighted by Gasteiger charge is -2.17. The first-order chi connectivity index (χ1) is 10.1. The third-order valence-electron chi connectivity index (χ3n) is 3.02. The monoisotopic (exact) mass is 385 g/mol. The van der Waals surface area contributed by atoms with Crippen LogP contribution in [0.15, 0.2) is 53.0 Å². The van der Waals surface area contributed by atoms with E-state index in [2.05, 4.69) is 21.2 Å². The standard InChI is InChI=1S/C16H14BrCl2NO/c17-15-7-6-12(19)9-14(15)16(21)20-13(10-18)8-11-4-2-1-3-5-11/h1-7,9,13H,8,10H2,(H,20,21). The van der Waals surface area contributed by atoms with Crippen molar-refractivity contribution in [3.05, 3.63) is 69.2 Å². The van der Waals surface area contributed by atoms with E-state index in [4.69, 9.17) is 23.2 Å². The molecule has 1 N–H and O–H groups in total. The summed E-state index contributed by atoms with van der Waals surface area (Å²) in [6.07, 6.45) is 0.689. The molecular weight excluding hydrogens is 373 g/mol. The Morgan fingerprint density at radius 2 is 1.90 bits per heavy atom. The molecule has 0 aromatic heterocycles. The molecule has 0 aliphatic rings. The van der Waals surface area contributed by atoms with Gasteiger partial charge in [0.15, 0.2) is 0 Å². The smallest absolute Gasteiger partial charge is 0.252 e. The summed E-state index contributed by atoms with van der Waals surface area (Å²) in [6.45, 7) is 0. The maximum Gasteiger partial charge on any atom is 0.252 e. The van der Waals surface area contributed by atoms with Gasteiger partial charge in [0.2, 0.25) is 0 Å². The fourth-order valence-electron chi connectivity index (χ4n) is 1.98. The maximum absolute atomic E-state index is 12.3. The molecule has 0 fully saturated rings. The first-order valence-corrected chi connectivity index (χ1v) is 8.16. The van der Waals surface area contributed by atoms with E-state index < -0.39 is 0 Å². The first-order valence-electron chi connectivity index (χ1n) is 6.46. The van der Waals surface area contributed by atoms with Gasteiger partial charge in [0.05, 0.1) is 5.56 Å². The van der Waals surface area contributed by atoms with Gasteiger partial charge >= 0.3 is 0 Å². The first kappa shape index (κ1) is 16.3. The number of hydrogen-bond donors (Lipinski definition) is 1. The van der Waals surface area contributed by atoms with E-state index in [1.165, 1.54) is 0 Å². The zero-order valence-corrected chi connectivity index (χ0v) is 14.3. The second kappa shape index (κ2) is 7.83. The second-order valence-corrected chi connectivity index (χ2v) is 6.24. The Labute approximate surface area is 142 Å². The van der Waals surface area contributed by atoms with Crippen LogP contribution in [0.5, 0.6) is 0 Å². The third-order valence-corrected chi connectivity index (χ3v) is 4.32. The number of nitrogens with one attached hydrogen (secondary N) is 1. The van der Waals surface area contributed by atoms with Gasteiger partial charge in [-0.25, -0.2) is 0 Å². The molecule has 0 aliphatic heterocycles. The number of halogens is 3. The molecule has 110 valence electrons. The molecule has 1 atom stereocenters. The highest BCUT2D eigenvalue weighted by Crippen LogP contribution is 2.21. The van der Waals surface area contributed by atoms with E-state index in [1.54, 1.807) is 18.2 Å². The van der Waals surface area contributed by atoms with Crippen molar-refractivity contribution in [1.82, 2.24) is 5.32 Å². The zero-order valence-electron chi connectivity index (χ0n) is 11.2. The number of alkyl halides is 1. The van der Waals surface area contributed by atoms with Gasteiger partial charge in [0, 0.05) is 21.4 Å². The van der Waals surface area contributed by atoms with Crippen LogP contribution in [-0.4, -0.2) is 17.8 Å². The van der Waals surface area contributed by atoms with E-state index in [0.29, 0.717) is 27.4 Å². The molecule has 0 saturated heterocycles. The summed E-state index contributed by atoms with van der Waals surface area (Å²) in [4.78, 5) is 12.3. The van der Waals surface area contributed by atoms with Crippen molar-refractivity contribution < 1.29 is 4.79 Å². The molecule has 0 radical (unpaired) electrons. The molecule has 0 heterocycles. The molecule has 0 aliphatic carbocycles. The number of rotatable bonds is 5. The highest BCUT2D eigenvalue weighted by molar-refractivity contribution is 9.10. The van der Waals surface area contributed by atoms with Crippen molar-refractivity contribution in [3.8, 4) is 0 Å². The Kier molecular flexibility index (Phi) is 6.09. The molecule has 1 amide bonds. The summed E-state index contributed by atoms with van der Waals surface area (Å²) in [5, 5.41) is 3.46. The van der Waals surface area contributed by atoms with Crippen molar-refractivity contribution in [2.75, 3.05) is 5.88 Å². The quantitative estimate of drug-likeness (QED) is 0.742. The van der Waals surface area contributed by atoms with Crippen LogP contribution in [0.25, 0.3) is 0 Å². The summed E-state index contributed by atoms with van der Waals surface area (Å²) in [5.74, 6) is 0.157. The minimum Gasteiger partial charge on any atom is -0.348 e. The largest absolute Gasteiger partial charge is 0.348 e. The van der Waals surface area contributed by atoms with Crippen LogP contribution >= 0.6 is 39.1 Å². The van der Waals surface area contributed by atoms with E-state index in [1.807, 2.05) is 30.3 Å². The van der Waals surface area contributed by atoms with Crippen LogP contribution in [0.2, 0.25) is 5.02 Å². The molecular formula is C16H14BrCl2NO. The molecule has 0 spiro atoms. The number of amides is 1. The lowest BCUT2D eigenvalue weighted by atomic mass is 10.1. The lowest BCUT2D eigenvalue weighted by molar-refractivity contribution is 0.0940. The van der Waals surface area contributed by atoms with Crippen molar-refractivity contribution in [2.24, 2.45) is 0 Å². The van der Waals surface area contributed by atoms with E-state index >= 15 is 0 Å². The highest BCUT2D eigenvalue weighted by atomic mass is 79.9. The van der Waals surface area contributed by atoms with Crippen LogP contribution in [0.1, 0.15) is 15.9 Å². The van der Waals surface area contributed by atoms with Crippen LogP contribution in [0.4, 0.5) is 0 Å². The Morgan fingerprint density at radius 1 is 1.19 bits per heavy atom. The van der Waals surface area contributed by atoms with Gasteiger partial charge in [-0.1, -0.05) is 41.9 Å². The molecule has 0 saturated carbocycles. The highest BCUT2D eigenvalue weighted by Gasteiger charge is 2.16. The normalized spacial score (nSPS) is 12.0. The maximum atomic E-state index is 12.3. The van der Waals surface area contributed by atoms with Crippen LogP contribution in [0, 0.1) is 0 Å². The second-order valence-electron chi connectivity index (χ2n) is 4.64. The van der Waals surface area contributed by atoms with Gasteiger partial charge in [0.25, 0.3) is 5.91 Å². The predicted octanol–water partition coefficient (Wildman–Crippen LogP) is 4.68. The van der Waals surface area contributed by atoms with E-state index in [-0.39, 0.29) is 11.9 Å². The molecule has 2 rings (SSSR count). The Morgan fingerprint density at radius 3 is 2.57 bits per heavy atom. The SMILES string of the molecule is O=C(NC(CCl)Cc1ccccc1)c1cc(Cl)ccc1Br. The van der Waals surface area contributed by atoms with E-state index in [9.17, 15) is 4.79 Å². The number of carbonyl (C=O) groups is 1. The molecule has 5 heteroatoms. The zero-order chi connectivity index (χ0) is 15.2. The topological polar surface area (TPSA) is 29.1 Å². The fraction of sp³-hybridized carbons (Fsp3) is 0.188. The summed E-state index contributed by atoms with van der Waals surface area (Å²) >= 11 is 15.3. The molecule has 1 unspecified atom stereocenters. The Balaban J connectivity index is 2.07. The number of hydrogen-bond acceptors (Lipinski definition) is 1. The van der Waals surface area contributed by atoms with Gasteiger partial charge in [-0.2, -0.15) is 0 Å². The van der Waals surface area contributed by atoms with Crippen LogP contribution < -0.4 is 5.32 Å². The van der Waals surface area contributed by atoms with Gasteiger partial charge < -0.3 is 5.32 Å². The minimum atomic E-state index is -0.189. The Bertz CT molecular complexity index is 619. The summed E-state index contributed by atoms with van der Waals surface area (Å²) in [5.41, 5.74) is 1.64.